The summed E-state index contributed by atoms with van der Waals surface area (Å²) in [6, 6.07) is 9.67. The molecule has 122 valence electrons. The molecule has 2 heterocycles. The van der Waals surface area contributed by atoms with E-state index in [0.717, 1.165) is 42.9 Å². The fraction of sp³-hybridized carbons (Fsp3) is 0.412. The summed E-state index contributed by atoms with van der Waals surface area (Å²) in [5.41, 5.74) is 8.59. The highest BCUT2D eigenvalue weighted by Gasteiger charge is 2.25. The molecule has 1 aliphatic heterocycles. The van der Waals surface area contributed by atoms with E-state index in [2.05, 4.69) is 16.5 Å². The van der Waals surface area contributed by atoms with E-state index in [1.54, 1.807) is 0 Å². The molecule has 6 heteroatoms. The largest absolute Gasteiger partial charge is 0.326 e. The van der Waals surface area contributed by atoms with Crippen LogP contribution in [0.15, 0.2) is 36.5 Å². The number of carbonyl (C=O) groups excluding carboxylic acids is 1. The van der Waals surface area contributed by atoms with Crippen molar-refractivity contribution in [3.63, 3.8) is 0 Å². The molecule has 2 aromatic rings. The summed E-state index contributed by atoms with van der Waals surface area (Å²) in [6.45, 7) is 1.91. The van der Waals surface area contributed by atoms with Gasteiger partial charge in [-0.15, -0.1) is 0 Å². The van der Waals surface area contributed by atoms with Crippen molar-refractivity contribution < 1.29 is 4.79 Å². The lowest BCUT2D eigenvalue weighted by Gasteiger charge is -2.31. The lowest BCUT2D eigenvalue weighted by molar-refractivity contribution is 0.194. The van der Waals surface area contributed by atoms with Crippen LogP contribution in [0.2, 0.25) is 0 Å². The molecular weight excluding hydrogens is 290 g/mol. The van der Waals surface area contributed by atoms with Gasteiger partial charge in [-0.3, -0.25) is 4.68 Å². The summed E-state index contributed by atoms with van der Waals surface area (Å²) in [5, 5.41) is 7.46. The van der Waals surface area contributed by atoms with Crippen molar-refractivity contribution in [2.24, 2.45) is 12.8 Å². The number of aromatic nitrogens is 2. The topological polar surface area (TPSA) is 76.2 Å². The lowest BCUT2D eigenvalue weighted by Crippen LogP contribution is -2.40. The van der Waals surface area contributed by atoms with Gasteiger partial charge >= 0.3 is 6.03 Å². The van der Waals surface area contributed by atoms with Crippen LogP contribution < -0.4 is 11.1 Å². The third kappa shape index (κ3) is 3.53. The van der Waals surface area contributed by atoms with Gasteiger partial charge in [-0.25, -0.2) is 4.79 Å². The third-order valence-corrected chi connectivity index (χ3v) is 4.41. The Labute approximate surface area is 136 Å². The first-order chi connectivity index (χ1) is 11.2. The molecule has 6 nitrogen and oxygen atoms in total. The normalized spacial score (nSPS) is 15.7. The molecule has 1 saturated heterocycles. The molecule has 1 fully saturated rings. The van der Waals surface area contributed by atoms with Crippen molar-refractivity contribution >= 4 is 11.7 Å². The molecule has 0 spiro atoms. The SMILES string of the molecule is Cn1ccc(C2CCN(C(=O)Nc3ccccc3CN)CC2)n1. The fourth-order valence-corrected chi connectivity index (χ4v) is 3.04. The van der Waals surface area contributed by atoms with Crippen LogP contribution in [-0.4, -0.2) is 33.8 Å². The number of para-hydroxylation sites is 1. The number of piperidine rings is 1. The zero-order valence-electron chi connectivity index (χ0n) is 13.4. The van der Waals surface area contributed by atoms with Gasteiger partial charge in [0, 0.05) is 44.5 Å². The number of aryl methyl sites for hydroxylation is 1. The molecule has 0 radical (unpaired) electrons. The van der Waals surface area contributed by atoms with E-state index in [4.69, 9.17) is 5.73 Å². The third-order valence-electron chi connectivity index (χ3n) is 4.41. The van der Waals surface area contributed by atoms with E-state index in [1.807, 2.05) is 47.1 Å². The lowest BCUT2D eigenvalue weighted by atomic mass is 9.94. The monoisotopic (exact) mass is 313 g/mol. The molecule has 0 saturated carbocycles. The Morgan fingerprint density at radius 1 is 1.30 bits per heavy atom. The van der Waals surface area contributed by atoms with Crippen LogP contribution in [-0.2, 0) is 13.6 Å². The maximum absolute atomic E-state index is 12.4. The van der Waals surface area contributed by atoms with Gasteiger partial charge in [-0.2, -0.15) is 5.10 Å². The predicted octanol–water partition coefficient (Wildman–Crippen LogP) is 2.29. The van der Waals surface area contributed by atoms with Gasteiger partial charge in [-0.1, -0.05) is 18.2 Å². The summed E-state index contributed by atoms with van der Waals surface area (Å²) in [4.78, 5) is 14.3. The second-order valence-electron chi connectivity index (χ2n) is 5.97. The summed E-state index contributed by atoms with van der Waals surface area (Å²) < 4.78 is 1.83. The van der Waals surface area contributed by atoms with Crippen molar-refractivity contribution in [3.05, 3.63) is 47.8 Å². The first-order valence-corrected chi connectivity index (χ1v) is 8.01. The highest BCUT2D eigenvalue weighted by molar-refractivity contribution is 5.90. The second kappa shape index (κ2) is 6.83. The molecule has 0 unspecified atom stereocenters. The smallest absolute Gasteiger partial charge is 0.321 e. The van der Waals surface area contributed by atoms with Crippen LogP contribution in [0.5, 0.6) is 0 Å². The Bertz CT molecular complexity index is 673. The van der Waals surface area contributed by atoms with Crippen LogP contribution >= 0.6 is 0 Å². The first-order valence-electron chi connectivity index (χ1n) is 8.01. The van der Waals surface area contributed by atoms with Crippen LogP contribution in [0.4, 0.5) is 10.5 Å². The molecule has 3 rings (SSSR count). The average Bonchev–Trinajstić information content (AvgIpc) is 3.02. The quantitative estimate of drug-likeness (QED) is 0.913. The number of amides is 2. The average molecular weight is 313 g/mol. The van der Waals surface area contributed by atoms with Crippen LogP contribution in [0.1, 0.15) is 30.0 Å². The predicted molar refractivity (Wildman–Crippen MR) is 90.1 cm³/mol. The van der Waals surface area contributed by atoms with Gasteiger partial charge in [-0.05, 0) is 30.5 Å². The van der Waals surface area contributed by atoms with Gasteiger partial charge in [0.25, 0.3) is 0 Å². The van der Waals surface area contributed by atoms with Crippen LogP contribution in [0.25, 0.3) is 0 Å². The van der Waals surface area contributed by atoms with E-state index in [0.29, 0.717) is 12.5 Å². The Hall–Kier alpha value is -2.34. The van der Waals surface area contributed by atoms with Gasteiger partial charge in [0.05, 0.1) is 5.69 Å². The minimum Gasteiger partial charge on any atom is -0.326 e. The van der Waals surface area contributed by atoms with Gasteiger partial charge < -0.3 is 16.0 Å². The molecule has 0 bridgehead atoms. The number of nitrogens with one attached hydrogen (secondary N) is 1. The van der Waals surface area contributed by atoms with E-state index in [9.17, 15) is 4.79 Å². The number of anilines is 1. The molecule has 0 aliphatic carbocycles. The summed E-state index contributed by atoms with van der Waals surface area (Å²) in [6.07, 6.45) is 3.87. The minimum atomic E-state index is -0.0506. The molecule has 2 amide bonds. The van der Waals surface area contributed by atoms with Crippen molar-refractivity contribution in [3.8, 4) is 0 Å². The Morgan fingerprint density at radius 2 is 2.04 bits per heavy atom. The molecule has 23 heavy (non-hydrogen) atoms. The number of hydrogen-bond acceptors (Lipinski definition) is 3. The number of nitrogens with zero attached hydrogens (tertiary/aromatic N) is 3. The first kappa shape index (κ1) is 15.6. The number of nitrogens with two attached hydrogens (primary N) is 1. The van der Waals surface area contributed by atoms with Gasteiger partial charge in [0.1, 0.15) is 0 Å². The van der Waals surface area contributed by atoms with E-state index < -0.39 is 0 Å². The van der Waals surface area contributed by atoms with Crippen molar-refractivity contribution in [1.29, 1.82) is 0 Å². The number of carbonyl (C=O) groups is 1. The van der Waals surface area contributed by atoms with Crippen LogP contribution in [0.3, 0.4) is 0 Å². The summed E-state index contributed by atoms with van der Waals surface area (Å²) in [5.74, 6) is 0.441. The summed E-state index contributed by atoms with van der Waals surface area (Å²) >= 11 is 0. The number of hydrogen-bond donors (Lipinski definition) is 2. The highest BCUT2D eigenvalue weighted by atomic mass is 16.2. The summed E-state index contributed by atoms with van der Waals surface area (Å²) in [7, 11) is 1.93. The highest BCUT2D eigenvalue weighted by Crippen LogP contribution is 2.27. The van der Waals surface area contributed by atoms with Gasteiger partial charge in [0.15, 0.2) is 0 Å². The van der Waals surface area contributed by atoms with Crippen LogP contribution in [0, 0.1) is 0 Å². The fourth-order valence-electron chi connectivity index (χ4n) is 3.04. The molecular formula is C17H23N5O. The minimum absolute atomic E-state index is 0.0506. The molecule has 3 N–H and O–H groups in total. The Morgan fingerprint density at radius 3 is 2.70 bits per heavy atom. The van der Waals surface area contributed by atoms with E-state index >= 15 is 0 Å². The Kier molecular flexibility index (Phi) is 4.62. The van der Waals surface area contributed by atoms with Crippen molar-refractivity contribution in [2.75, 3.05) is 18.4 Å². The molecule has 1 aromatic carbocycles. The number of benzene rings is 1. The zero-order chi connectivity index (χ0) is 16.2. The number of rotatable bonds is 3. The standard InChI is InChI=1S/C17H23N5O/c1-21-9-8-16(20-21)13-6-10-22(11-7-13)17(23)19-15-5-3-2-4-14(15)12-18/h2-5,8-9,13H,6-7,10-12,18H2,1H3,(H,19,23). The van der Waals surface area contributed by atoms with E-state index in [1.165, 1.54) is 0 Å². The molecule has 1 aromatic heterocycles. The van der Waals surface area contributed by atoms with Crippen molar-refractivity contribution in [2.45, 2.75) is 25.3 Å². The maximum Gasteiger partial charge on any atom is 0.321 e. The van der Waals surface area contributed by atoms with Crippen molar-refractivity contribution in [1.82, 2.24) is 14.7 Å². The molecule has 1 aliphatic rings. The Balaban J connectivity index is 1.58. The van der Waals surface area contributed by atoms with Gasteiger partial charge in [0.2, 0.25) is 0 Å². The maximum atomic E-state index is 12.4. The second-order valence-corrected chi connectivity index (χ2v) is 5.97. The number of urea groups is 1. The van der Waals surface area contributed by atoms with E-state index in [-0.39, 0.29) is 6.03 Å². The number of likely N-dealkylation sites (tertiary alicyclic amines) is 1. The molecule has 0 atom stereocenters. The zero-order valence-corrected chi connectivity index (χ0v) is 13.4.